The first-order valence-electron chi connectivity index (χ1n) is 9.05. The summed E-state index contributed by atoms with van der Waals surface area (Å²) >= 11 is 2.91. The van der Waals surface area contributed by atoms with E-state index >= 15 is 0 Å². The summed E-state index contributed by atoms with van der Waals surface area (Å²) in [5, 5.41) is 12.0. The average molecular weight is 397 g/mol. The highest BCUT2D eigenvalue weighted by atomic mass is 32.2. The van der Waals surface area contributed by atoms with Crippen LogP contribution in [0.15, 0.2) is 0 Å². The van der Waals surface area contributed by atoms with Crippen LogP contribution in [0.25, 0.3) is 0 Å². The number of anilines is 1. The number of amides is 3. The van der Waals surface area contributed by atoms with Gasteiger partial charge in [-0.25, -0.2) is 0 Å². The Morgan fingerprint density at radius 1 is 1.27 bits per heavy atom. The number of nitrogens with zero attached hydrogens (tertiary/aromatic N) is 3. The van der Waals surface area contributed by atoms with Gasteiger partial charge in [-0.2, -0.15) is 11.8 Å². The lowest BCUT2D eigenvalue weighted by Gasteiger charge is -2.25. The Morgan fingerprint density at radius 2 is 1.92 bits per heavy atom. The zero-order valence-corrected chi connectivity index (χ0v) is 16.7. The van der Waals surface area contributed by atoms with Crippen molar-refractivity contribution in [1.82, 2.24) is 15.1 Å². The average Bonchev–Trinajstić information content (AvgIpc) is 3.20. The monoisotopic (exact) mass is 396 g/mol. The Balaban J connectivity index is 1.79. The van der Waals surface area contributed by atoms with Crippen molar-refractivity contribution in [2.24, 2.45) is 11.8 Å². The molecule has 0 aromatic carbocycles. The summed E-state index contributed by atoms with van der Waals surface area (Å²) in [4.78, 5) is 39.8. The molecule has 1 saturated carbocycles. The molecule has 142 valence electrons. The molecule has 0 bridgehead atoms. The maximum Gasteiger partial charge on any atom is 0.249 e. The predicted molar refractivity (Wildman–Crippen MR) is 102 cm³/mol. The van der Waals surface area contributed by atoms with Crippen LogP contribution < -0.4 is 5.32 Å². The third kappa shape index (κ3) is 3.78. The second-order valence-electron chi connectivity index (χ2n) is 6.68. The first kappa shape index (κ1) is 19.3. The summed E-state index contributed by atoms with van der Waals surface area (Å²) in [5.41, 5.74) is 0. The van der Waals surface area contributed by atoms with Gasteiger partial charge in [-0.05, 0) is 37.7 Å². The van der Waals surface area contributed by atoms with Gasteiger partial charge in [0.2, 0.25) is 22.9 Å². The summed E-state index contributed by atoms with van der Waals surface area (Å²) < 4.78 is 0. The van der Waals surface area contributed by atoms with Gasteiger partial charge >= 0.3 is 0 Å². The molecule has 3 atom stereocenters. The number of imide groups is 1. The highest BCUT2D eigenvalue weighted by Gasteiger charge is 2.51. The maximum absolute atomic E-state index is 12.9. The topological polar surface area (TPSA) is 92.3 Å². The van der Waals surface area contributed by atoms with Gasteiger partial charge in [0.15, 0.2) is 0 Å². The van der Waals surface area contributed by atoms with Crippen LogP contribution >= 0.6 is 23.1 Å². The van der Waals surface area contributed by atoms with Crippen LogP contribution in [-0.4, -0.2) is 50.9 Å². The van der Waals surface area contributed by atoms with Gasteiger partial charge in [0.25, 0.3) is 0 Å². The number of aryl methyl sites for hydroxylation is 1. The molecule has 26 heavy (non-hydrogen) atoms. The van der Waals surface area contributed by atoms with Crippen LogP contribution in [0.5, 0.6) is 0 Å². The number of aromatic nitrogens is 2. The van der Waals surface area contributed by atoms with E-state index in [1.54, 1.807) is 11.8 Å². The highest BCUT2D eigenvalue weighted by molar-refractivity contribution is 7.98. The minimum absolute atomic E-state index is 0.174. The molecule has 1 aliphatic heterocycles. The van der Waals surface area contributed by atoms with Gasteiger partial charge in [-0.15, -0.1) is 10.2 Å². The highest BCUT2D eigenvalue weighted by Crippen LogP contribution is 2.39. The van der Waals surface area contributed by atoms with E-state index in [0.717, 1.165) is 37.1 Å². The van der Waals surface area contributed by atoms with E-state index in [1.165, 1.54) is 16.2 Å². The fraction of sp³-hybridized carbons (Fsp3) is 0.706. The number of hydrogen-bond acceptors (Lipinski definition) is 7. The summed E-state index contributed by atoms with van der Waals surface area (Å²) in [6.07, 6.45) is 6.58. The van der Waals surface area contributed by atoms with Crippen molar-refractivity contribution in [3.05, 3.63) is 5.01 Å². The molecule has 1 aromatic heterocycles. The summed E-state index contributed by atoms with van der Waals surface area (Å²) in [6.45, 7) is 1.97. The molecule has 0 spiro atoms. The Kier molecular flexibility index (Phi) is 6.29. The van der Waals surface area contributed by atoms with Crippen molar-refractivity contribution in [1.29, 1.82) is 0 Å². The Labute approximate surface area is 161 Å². The first-order chi connectivity index (χ1) is 12.6. The van der Waals surface area contributed by atoms with Crippen LogP contribution in [0.1, 0.15) is 44.0 Å². The normalized spacial score (nSPS) is 23.8. The molecule has 1 saturated heterocycles. The molecule has 1 aromatic rings. The van der Waals surface area contributed by atoms with Gasteiger partial charge in [-0.3, -0.25) is 24.6 Å². The van der Waals surface area contributed by atoms with E-state index in [2.05, 4.69) is 15.5 Å². The minimum Gasteiger partial charge on any atom is -0.299 e. The van der Waals surface area contributed by atoms with Crippen LogP contribution in [0, 0.1) is 11.8 Å². The predicted octanol–water partition coefficient (Wildman–Crippen LogP) is 2.34. The molecule has 1 N–H and O–H groups in total. The van der Waals surface area contributed by atoms with E-state index in [-0.39, 0.29) is 29.6 Å². The molecule has 7 nitrogen and oxygen atoms in total. The second kappa shape index (κ2) is 8.47. The SMILES string of the molecule is CCc1nnc(NC(=O)[C@H](CCSC)N2C(=O)[C@H]3CCCC[C@H]3C2=O)s1. The number of hydrogen-bond donors (Lipinski definition) is 1. The molecule has 9 heteroatoms. The smallest absolute Gasteiger partial charge is 0.249 e. The first-order valence-corrected chi connectivity index (χ1v) is 11.3. The largest absolute Gasteiger partial charge is 0.299 e. The van der Waals surface area contributed by atoms with Gasteiger partial charge < -0.3 is 0 Å². The molecule has 3 rings (SSSR count). The number of carbonyl (C=O) groups excluding carboxylic acids is 3. The number of likely N-dealkylation sites (tertiary alicyclic amines) is 1. The van der Waals surface area contributed by atoms with Gasteiger partial charge in [0, 0.05) is 0 Å². The van der Waals surface area contributed by atoms with E-state index in [0.29, 0.717) is 17.3 Å². The lowest BCUT2D eigenvalue weighted by molar-refractivity contribution is -0.146. The molecular weight excluding hydrogens is 372 g/mol. The second-order valence-corrected chi connectivity index (χ2v) is 8.73. The van der Waals surface area contributed by atoms with Crippen LogP contribution in [0.2, 0.25) is 0 Å². The lowest BCUT2D eigenvalue weighted by atomic mass is 9.81. The summed E-state index contributed by atoms with van der Waals surface area (Å²) in [7, 11) is 0. The molecular formula is C17H24N4O3S2. The molecule has 1 aliphatic carbocycles. The standard InChI is InChI=1S/C17H24N4O3S2/c1-3-13-19-20-17(26-13)18-14(22)12(8-9-25-2)21-15(23)10-6-4-5-7-11(10)16(21)24/h10-12H,3-9H2,1-2H3,(H,18,20,22)/t10-,11+,12-/m0/s1. The Hall–Kier alpha value is -1.48. The quantitative estimate of drug-likeness (QED) is 0.711. The number of rotatable bonds is 7. The molecule has 0 radical (unpaired) electrons. The minimum atomic E-state index is -0.776. The number of fused-ring (bicyclic) bond motifs is 1. The van der Waals surface area contributed by atoms with Gasteiger partial charge in [0.1, 0.15) is 11.0 Å². The third-order valence-electron chi connectivity index (χ3n) is 5.08. The molecule has 2 heterocycles. The zero-order chi connectivity index (χ0) is 18.7. The van der Waals surface area contributed by atoms with E-state index in [4.69, 9.17) is 0 Å². The van der Waals surface area contributed by atoms with Crippen LogP contribution in [-0.2, 0) is 20.8 Å². The fourth-order valence-electron chi connectivity index (χ4n) is 3.74. The molecule has 3 amide bonds. The Bertz CT molecular complexity index is 669. The van der Waals surface area contributed by atoms with Crippen molar-refractivity contribution in [2.45, 2.75) is 51.5 Å². The summed E-state index contributed by atoms with van der Waals surface area (Å²) in [6, 6.07) is -0.776. The maximum atomic E-state index is 12.9. The van der Waals surface area contributed by atoms with Crippen molar-refractivity contribution in [3.63, 3.8) is 0 Å². The lowest BCUT2D eigenvalue weighted by Crippen LogP contribution is -2.48. The Morgan fingerprint density at radius 3 is 2.46 bits per heavy atom. The van der Waals surface area contributed by atoms with Crippen molar-refractivity contribution >= 4 is 46.0 Å². The number of thioether (sulfide) groups is 1. The van der Waals surface area contributed by atoms with E-state index in [9.17, 15) is 14.4 Å². The van der Waals surface area contributed by atoms with Crippen LogP contribution in [0.4, 0.5) is 5.13 Å². The fourth-order valence-corrected chi connectivity index (χ4v) is 4.88. The van der Waals surface area contributed by atoms with Crippen molar-refractivity contribution < 1.29 is 14.4 Å². The van der Waals surface area contributed by atoms with E-state index in [1.807, 2.05) is 13.2 Å². The molecule has 2 fully saturated rings. The van der Waals surface area contributed by atoms with E-state index < -0.39 is 6.04 Å². The molecule has 0 unspecified atom stereocenters. The molecule has 2 aliphatic rings. The van der Waals surface area contributed by atoms with Gasteiger partial charge in [0.05, 0.1) is 11.8 Å². The van der Waals surface area contributed by atoms with Crippen molar-refractivity contribution in [2.75, 3.05) is 17.3 Å². The van der Waals surface area contributed by atoms with Crippen molar-refractivity contribution in [3.8, 4) is 0 Å². The third-order valence-corrected chi connectivity index (χ3v) is 6.71. The number of nitrogens with one attached hydrogen (secondary N) is 1. The van der Waals surface area contributed by atoms with Gasteiger partial charge in [-0.1, -0.05) is 31.1 Å². The number of carbonyl (C=O) groups is 3. The van der Waals surface area contributed by atoms with Crippen LogP contribution in [0.3, 0.4) is 0 Å². The zero-order valence-electron chi connectivity index (χ0n) is 15.1. The summed E-state index contributed by atoms with van der Waals surface area (Å²) in [5.74, 6) is -0.484.